The Hall–Kier alpha value is -1.96. The molecule has 1 aliphatic heterocycles. The Balaban J connectivity index is 1.79. The highest BCUT2D eigenvalue weighted by Gasteiger charge is 2.28. The number of ether oxygens (including phenoxy) is 1. The topological polar surface area (TPSA) is 48.9 Å². The maximum atomic E-state index is 12.2. The van der Waals surface area contributed by atoms with Crippen molar-refractivity contribution in [2.24, 2.45) is 10.9 Å². The van der Waals surface area contributed by atoms with Crippen molar-refractivity contribution in [3.05, 3.63) is 29.8 Å². The van der Waals surface area contributed by atoms with E-state index in [9.17, 15) is 13.2 Å². The van der Waals surface area contributed by atoms with Crippen molar-refractivity contribution in [1.29, 1.82) is 0 Å². The van der Waals surface area contributed by atoms with E-state index < -0.39 is 12.8 Å². The Morgan fingerprint density at radius 1 is 1.14 bits per heavy atom. The number of hydrogen-bond acceptors (Lipinski definition) is 3. The fraction of sp³-hybridized carbons (Fsp3) is 0.667. The smallest absolute Gasteiger partial charge is 0.422 e. The van der Waals surface area contributed by atoms with E-state index in [0.29, 0.717) is 12.5 Å². The van der Waals surface area contributed by atoms with Gasteiger partial charge in [-0.3, -0.25) is 0 Å². The summed E-state index contributed by atoms with van der Waals surface area (Å²) in [5.41, 5.74) is 0.912. The Morgan fingerprint density at radius 3 is 2.41 bits per heavy atom. The van der Waals surface area contributed by atoms with Crippen molar-refractivity contribution in [1.82, 2.24) is 15.5 Å². The molecule has 1 aromatic carbocycles. The van der Waals surface area contributed by atoms with Gasteiger partial charge in [0.15, 0.2) is 12.6 Å². The fourth-order valence-corrected chi connectivity index (χ4v) is 3.34. The summed E-state index contributed by atoms with van der Waals surface area (Å²) in [7, 11) is 0. The lowest BCUT2D eigenvalue weighted by Gasteiger charge is -2.32. The highest BCUT2D eigenvalue weighted by atomic mass is 19.4. The largest absolute Gasteiger partial charge is 0.484 e. The van der Waals surface area contributed by atoms with E-state index in [0.717, 1.165) is 37.7 Å². The van der Waals surface area contributed by atoms with Gasteiger partial charge in [-0.1, -0.05) is 19.1 Å². The first-order valence-electron chi connectivity index (χ1n) is 10.4. The van der Waals surface area contributed by atoms with Crippen LogP contribution >= 0.6 is 0 Å². The molecule has 0 saturated carbocycles. The van der Waals surface area contributed by atoms with Crippen LogP contribution in [0.5, 0.6) is 5.75 Å². The number of halogens is 3. The number of guanidine groups is 1. The van der Waals surface area contributed by atoms with Crippen LogP contribution in [-0.2, 0) is 6.54 Å². The zero-order valence-electron chi connectivity index (χ0n) is 17.4. The Bertz CT molecular complexity index is 611. The van der Waals surface area contributed by atoms with Gasteiger partial charge in [-0.2, -0.15) is 13.2 Å². The summed E-state index contributed by atoms with van der Waals surface area (Å²) in [4.78, 5) is 7.12. The van der Waals surface area contributed by atoms with E-state index in [1.54, 1.807) is 24.3 Å². The molecular formula is C21H33F3N4O. The summed E-state index contributed by atoms with van der Waals surface area (Å²) < 4.78 is 41.3. The van der Waals surface area contributed by atoms with Gasteiger partial charge in [-0.05, 0) is 69.4 Å². The van der Waals surface area contributed by atoms with Crippen LogP contribution in [0.2, 0.25) is 0 Å². The fourth-order valence-electron chi connectivity index (χ4n) is 3.34. The molecule has 2 N–H and O–H groups in total. The summed E-state index contributed by atoms with van der Waals surface area (Å²) in [6.07, 6.45) is -0.727. The molecule has 29 heavy (non-hydrogen) atoms. The van der Waals surface area contributed by atoms with Gasteiger partial charge < -0.3 is 20.3 Å². The molecule has 1 aliphatic rings. The summed E-state index contributed by atoms with van der Waals surface area (Å²) in [6.45, 7) is 8.59. The third kappa shape index (κ3) is 9.39. The number of likely N-dealkylation sites (tertiary alicyclic amines) is 1. The minimum absolute atomic E-state index is 0.203. The van der Waals surface area contributed by atoms with Crippen LogP contribution in [0.1, 0.15) is 38.7 Å². The predicted molar refractivity (Wildman–Crippen MR) is 110 cm³/mol. The van der Waals surface area contributed by atoms with Crippen LogP contribution < -0.4 is 15.4 Å². The van der Waals surface area contributed by atoms with Crippen molar-refractivity contribution in [2.75, 3.05) is 39.3 Å². The second kappa shape index (κ2) is 11.9. The van der Waals surface area contributed by atoms with Crippen LogP contribution in [0.15, 0.2) is 29.3 Å². The van der Waals surface area contributed by atoms with Crippen LogP contribution in [0.3, 0.4) is 0 Å². The lowest BCUT2D eigenvalue weighted by atomic mass is 9.97. The minimum atomic E-state index is -4.33. The zero-order valence-corrected chi connectivity index (χ0v) is 17.4. The molecule has 0 radical (unpaired) electrons. The number of rotatable bonds is 9. The lowest BCUT2D eigenvalue weighted by Crippen LogP contribution is -2.43. The molecule has 0 unspecified atom stereocenters. The number of nitrogens with zero attached hydrogens (tertiary/aromatic N) is 2. The SMILES string of the molecule is CCCN1CCC(CNC(=NCc2ccc(OCC(F)(F)F)cc2)NCC)CC1. The lowest BCUT2D eigenvalue weighted by molar-refractivity contribution is -0.153. The first-order valence-corrected chi connectivity index (χ1v) is 10.4. The van der Waals surface area contributed by atoms with Gasteiger partial charge in [0.1, 0.15) is 5.75 Å². The first kappa shape index (κ1) is 23.3. The second-order valence-corrected chi connectivity index (χ2v) is 7.41. The van der Waals surface area contributed by atoms with E-state index in [4.69, 9.17) is 4.74 Å². The van der Waals surface area contributed by atoms with Crippen LogP contribution in [0.25, 0.3) is 0 Å². The predicted octanol–water partition coefficient (Wildman–Crippen LogP) is 3.80. The van der Waals surface area contributed by atoms with Crippen LogP contribution in [-0.4, -0.2) is 56.4 Å². The maximum absolute atomic E-state index is 12.2. The van der Waals surface area contributed by atoms with Gasteiger partial charge in [-0.15, -0.1) is 0 Å². The average molecular weight is 415 g/mol. The van der Waals surface area contributed by atoms with Gasteiger partial charge >= 0.3 is 6.18 Å². The number of piperidine rings is 1. The normalized spacial score (nSPS) is 16.7. The van der Waals surface area contributed by atoms with Crippen molar-refractivity contribution >= 4 is 5.96 Å². The maximum Gasteiger partial charge on any atom is 0.422 e. The molecule has 0 amide bonds. The molecule has 0 bridgehead atoms. The molecular weight excluding hydrogens is 381 g/mol. The molecule has 2 rings (SSSR count). The summed E-state index contributed by atoms with van der Waals surface area (Å²) in [5, 5.41) is 6.68. The first-order chi connectivity index (χ1) is 13.9. The minimum Gasteiger partial charge on any atom is -0.484 e. The molecule has 0 spiro atoms. The molecule has 0 aliphatic carbocycles. The van der Waals surface area contributed by atoms with Gasteiger partial charge in [-0.25, -0.2) is 4.99 Å². The van der Waals surface area contributed by atoms with E-state index >= 15 is 0 Å². The van der Waals surface area contributed by atoms with E-state index in [-0.39, 0.29) is 5.75 Å². The summed E-state index contributed by atoms with van der Waals surface area (Å²) in [5.74, 6) is 1.62. The monoisotopic (exact) mass is 414 g/mol. The third-order valence-corrected chi connectivity index (χ3v) is 4.89. The Labute approximate surface area is 171 Å². The van der Waals surface area contributed by atoms with E-state index in [1.807, 2.05) is 6.92 Å². The highest BCUT2D eigenvalue weighted by Crippen LogP contribution is 2.19. The number of aliphatic imine (C=N–C) groups is 1. The quantitative estimate of drug-likeness (QED) is 0.477. The molecule has 1 saturated heterocycles. The molecule has 8 heteroatoms. The molecule has 0 atom stereocenters. The Morgan fingerprint density at radius 2 is 1.83 bits per heavy atom. The molecule has 5 nitrogen and oxygen atoms in total. The number of hydrogen-bond donors (Lipinski definition) is 2. The van der Waals surface area contributed by atoms with Gasteiger partial charge in [0, 0.05) is 13.1 Å². The van der Waals surface area contributed by atoms with Crippen molar-refractivity contribution in [3.63, 3.8) is 0 Å². The standard InChI is InChI=1S/C21H33F3N4O/c1-3-11-28-12-9-18(10-13-28)15-27-20(25-4-2)26-14-17-5-7-19(8-6-17)29-16-21(22,23)24/h5-8,18H,3-4,9-16H2,1-2H3,(H2,25,26,27). The highest BCUT2D eigenvalue weighted by molar-refractivity contribution is 5.79. The number of benzene rings is 1. The third-order valence-electron chi connectivity index (χ3n) is 4.89. The molecule has 0 aromatic heterocycles. The van der Waals surface area contributed by atoms with Crippen molar-refractivity contribution in [2.45, 2.75) is 45.8 Å². The van der Waals surface area contributed by atoms with Crippen LogP contribution in [0, 0.1) is 5.92 Å². The Kier molecular flexibility index (Phi) is 9.57. The van der Waals surface area contributed by atoms with Gasteiger partial charge in [0.25, 0.3) is 0 Å². The number of nitrogens with one attached hydrogen (secondary N) is 2. The van der Waals surface area contributed by atoms with Gasteiger partial charge in [0.2, 0.25) is 0 Å². The molecule has 1 heterocycles. The van der Waals surface area contributed by atoms with Crippen LogP contribution in [0.4, 0.5) is 13.2 Å². The summed E-state index contributed by atoms with van der Waals surface area (Å²) >= 11 is 0. The van der Waals surface area contributed by atoms with Crippen molar-refractivity contribution < 1.29 is 17.9 Å². The van der Waals surface area contributed by atoms with E-state index in [1.165, 1.54) is 25.8 Å². The molecule has 164 valence electrons. The molecule has 1 fully saturated rings. The number of alkyl halides is 3. The zero-order chi connectivity index (χ0) is 21.1. The average Bonchev–Trinajstić information content (AvgIpc) is 2.70. The van der Waals surface area contributed by atoms with Crippen molar-refractivity contribution in [3.8, 4) is 5.75 Å². The van der Waals surface area contributed by atoms with Gasteiger partial charge in [0.05, 0.1) is 6.54 Å². The van der Waals surface area contributed by atoms with E-state index in [2.05, 4.69) is 27.4 Å². The second-order valence-electron chi connectivity index (χ2n) is 7.41. The summed E-state index contributed by atoms with van der Waals surface area (Å²) in [6, 6.07) is 6.56. The molecule has 1 aromatic rings.